The SMILES string of the molecule is COc1cc(-c2cc(-c3cccs3)sc2-c2cccs2)c(-c2cc(-c3cccs3)sc2-c2cccs2)cc1OC. The van der Waals surface area contributed by atoms with E-state index in [9.17, 15) is 0 Å². The van der Waals surface area contributed by atoms with Gasteiger partial charge in [0.05, 0.1) is 24.0 Å². The molecule has 0 radical (unpaired) electrons. The molecule has 198 valence electrons. The Hall–Kier alpha value is -2.98. The Balaban J connectivity index is 1.52. The van der Waals surface area contributed by atoms with Crippen molar-refractivity contribution < 1.29 is 9.47 Å². The van der Waals surface area contributed by atoms with Gasteiger partial charge in [-0.15, -0.1) is 68.0 Å². The molecular formula is C32H22O2S6. The van der Waals surface area contributed by atoms with Crippen LogP contribution in [0.25, 0.3) is 61.3 Å². The van der Waals surface area contributed by atoms with Crippen LogP contribution in [0, 0.1) is 0 Å². The first-order chi connectivity index (χ1) is 19.7. The number of methoxy groups -OCH3 is 2. The van der Waals surface area contributed by atoms with Crippen molar-refractivity contribution in [1.29, 1.82) is 0 Å². The standard InChI is InChI=1S/C32H22O2S6/c1-33-23-15-19(21-17-29(25-7-3-11-35-25)39-31(21)27-9-5-13-37-27)20(16-24(23)34-2)22-18-30(26-8-4-12-36-26)40-32(22)28-10-6-14-38-28/h3-18H,1-2H3. The normalized spacial score (nSPS) is 11.2. The van der Waals surface area contributed by atoms with Gasteiger partial charge < -0.3 is 9.47 Å². The van der Waals surface area contributed by atoms with Gasteiger partial charge in [-0.2, -0.15) is 0 Å². The molecule has 1 aromatic carbocycles. The quantitative estimate of drug-likeness (QED) is 0.166. The average Bonchev–Trinajstić information content (AvgIpc) is 3.82. The summed E-state index contributed by atoms with van der Waals surface area (Å²) in [6, 6.07) is 26.4. The lowest BCUT2D eigenvalue weighted by atomic mass is 9.93. The summed E-state index contributed by atoms with van der Waals surface area (Å²) in [6.45, 7) is 0. The molecule has 6 heterocycles. The molecule has 0 aliphatic heterocycles. The van der Waals surface area contributed by atoms with Crippen LogP contribution in [-0.4, -0.2) is 14.2 Å². The van der Waals surface area contributed by atoms with E-state index in [-0.39, 0.29) is 0 Å². The Morgan fingerprint density at radius 3 is 1.12 bits per heavy atom. The number of ether oxygens (including phenoxy) is 2. The van der Waals surface area contributed by atoms with Gasteiger partial charge in [0, 0.05) is 40.4 Å². The molecule has 0 amide bonds. The minimum atomic E-state index is 0.730. The van der Waals surface area contributed by atoms with E-state index in [1.54, 1.807) is 59.6 Å². The summed E-state index contributed by atoms with van der Waals surface area (Å²) in [6.07, 6.45) is 0. The van der Waals surface area contributed by atoms with Crippen LogP contribution in [0.4, 0.5) is 0 Å². The monoisotopic (exact) mass is 630 g/mol. The van der Waals surface area contributed by atoms with Crippen molar-refractivity contribution in [1.82, 2.24) is 0 Å². The minimum Gasteiger partial charge on any atom is -0.493 e. The molecule has 0 fully saturated rings. The Morgan fingerprint density at radius 1 is 0.425 bits per heavy atom. The van der Waals surface area contributed by atoms with Gasteiger partial charge in [0.15, 0.2) is 11.5 Å². The molecule has 0 saturated heterocycles. The molecule has 0 atom stereocenters. The highest BCUT2D eigenvalue weighted by molar-refractivity contribution is 7.27. The summed E-state index contributed by atoms with van der Waals surface area (Å²) in [5, 5.41) is 8.60. The maximum atomic E-state index is 5.85. The Labute approximate surface area is 257 Å². The second-order valence-corrected chi connectivity index (χ2v) is 14.8. The zero-order chi connectivity index (χ0) is 27.1. The van der Waals surface area contributed by atoms with Crippen LogP contribution in [0.1, 0.15) is 0 Å². The molecule has 0 spiro atoms. The van der Waals surface area contributed by atoms with Gasteiger partial charge in [-0.05, 0) is 81.2 Å². The van der Waals surface area contributed by atoms with E-state index >= 15 is 0 Å². The van der Waals surface area contributed by atoms with Gasteiger partial charge in [-0.3, -0.25) is 0 Å². The van der Waals surface area contributed by atoms with Gasteiger partial charge in [0.25, 0.3) is 0 Å². The van der Waals surface area contributed by atoms with E-state index in [1.165, 1.54) is 50.1 Å². The fourth-order valence-electron chi connectivity index (χ4n) is 4.77. The van der Waals surface area contributed by atoms with Gasteiger partial charge in [-0.25, -0.2) is 0 Å². The lowest BCUT2D eigenvalue weighted by Gasteiger charge is -2.16. The van der Waals surface area contributed by atoms with Crippen LogP contribution in [0.2, 0.25) is 0 Å². The minimum absolute atomic E-state index is 0.730. The van der Waals surface area contributed by atoms with Crippen LogP contribution in [0.15, 0.2) is 94.3 Å². The number of hydrogen-bond donors (Lipinski definition) is 0. The fourth-order valence-corrected chi connectivity index (χ4v) is 10.5. The molecule has 6 aromatic heterocycles. The number of benzene rings is 1. The highest BCUT2D eigenvalue weighted by atomic mass is 32.1. The average molecular weight is 631 g/mol. The lowest BCUT2D eigenvalue weighted by Crippen LogP contribution is -1.94. The summed E-state index contributed by atoms with van der Waals surface area (Å²) in [7, 11) is 3.42. The second kappa shape index (κ2) is 11.1. The molecule has 0 aliphatic rings. The van der Waals surface area contributed by atoms with Crippen molar-refractivity contribution in [3.8, 4) is 72.8 Å². The van der Waals surface area contributed by atoms with Crippen LogP contribution in [0.5, 0.6) is 11.5 Å². The molecule has 0 bridgehead atoms. The summed E-state index contributed by atoms with van der Waals surface area (Å²) in [5.74, 6) is 1.46. The molecule has 0 N–H and O–H groups in total. The van der Waals surface area contributed by atoms with Gasteiger partial charge in [0.2, 0.25) is 0 Å². The van der Waals surface area contributed by atoms with Crippen molar-refractivity contribution >= 4 is 68.0 Å². The molecule has 40 heavy (non-hydrogen) atoms. The third kappa shape index (κ3) is 4.68. The highest BCUT2D eigenvalue weighted by Crippen LogP contribution is 2.53. The lowest BCUT2D eigenvalue weighted by molar-refractivity contribution is 0.355. The summed E-state index contributed by atoms with van der Waals surface area (Å²) in [5.41, 5.74) is 4.72. The van der Waals surface area contributed by atoms with Crippen molar-refractivity contribution in [2.75, 3.05) is 14.2 Å². The van der Waals surface area contributed by atoms with E-state index in [0.29, 0.717) is 0 Å². The Bertz CT molecular complexity index is 1710. The van der Waals surface area contributed by atoms with Gasteiger partial charge >= 0.3 is 0 Å². The first-order valence-corrected chi connectivity index (χ1v) is 17.6. The molecule has 2 nitrogen and oxygen atoms in total. The molecule has 7 aromatic rings. The van der Waals surface area contributed by atoms with Crippen molar-refractivity contribution in [2.24, 2.45) is 0 Å². The van der Waals surface area contributed by atoms with E-state index in [1.807, 2.05) is 22.7 Å². The maximum Gasteiger partial charge on any atom is 0.161 e. The highest BCUT2D eigenvalue weighted by Gasteiger charge is 2.24. The van der Waals surface area contributed by atoms with Crippen LogP contribution in [-0.2, 0) is 0 Å². The summed E-state index contributed by atoms with van der Waals surface area (Å²) in [4.78, 5) is 10.2. The number of rotatable bonds is 8. The molecule has 0 saturated carbocycles. The van der Waals surface area contributed by atoms with Gasteiger partial charge in [0.1, 0.15) is 0 Å². The van der Waals surface area contributed by atoms with Crippen molar-refractivity contribution in [3.05, 3.63) is 94.3 Å². The summed E-state index contributed by atoms with van der Waals surface area (Å²) >= 11 is 10.8. The molecule has 8 heteroatoms. The Morgan fingerprint density at radius 2 is 0.800 bits per heavy atom. The Kier molecular flexibility index (Phi) is 7.22. The first-order valence-electron chi connectivity index (χ1n) is 12.4. The van der Waals surface area contributed by atoms with Crippen LogP contribution < -0.4 is 9.47 Å². The first kappa shape index (κ1) is 26.0. The van der Waals surface area contributed by atoms with Crippen LogP contribution >= 0.6 is 68.0 Å². The van der Waals surface area contributed by atoms with E-state index in [4.69, 9.17) is 9.47 Å². The molecular weight excluding hydrogens is 609 g/mol. The fraction of sp³-hybridized carbons (Fsp3) is 0.0625. The largest absolute Gasteiger partial charge is 0.493 e. The third-order valence-corrected chi connectivity index (χ3v) is 13.1. The topological polar surface area (TPSA) is 18.5 Å². The van der Waals surface area contributed by atoms with Crippen LogP contribution in [0.3, 0.4) is 0 Å². The van der Waals surface area contributed by atoms with E-state index in [0.717, 1.165) is 22.6 Å². The smallest absolute Gasteiger partial charge is 0.161 e. The maximum absolute atomic E-state index is 5.85. The van der Waals surface area contributed by atoms with E-state index in [2.05, 4.69) is 94.3 Å². The number of thiophene rings is 6. The number of hydrogen-bond acceptors (Lipinski definition) is 8. The van der Waals surface area contributed by atoms with Gasteiger partial charge in [-0.1, -0.05) is 24.3 Å². The van der Waals surface area contributed by atoms with Crippen molar-refractivity contribution in [2.45, 2.75) is 0 Å². The van der Waals surface area contributed by atoms with Crippen molar-refractivity contribution in [3.63, 3.8) is 0 Å². The third-order valence-electron chi connectivity index (χ3n) is 6.59. The predicted molar refractivity (Wildman–Crippen MR) is 179 cm³/mol. The zero-order valence-electron chi connectivity index (χ0n) is 21.5. The van der Waals surface area contributed by atoms with E-state index < -0.39 is 0 Å². The molecule has 0 unspecified atom stereocenters. The molecule has 7 rings (SSSR count). The second-order valence-electron chi connectivity index (χ2n) is 8.87. The summed E-state index contributed by atoms with van der Waals surface area (Å²) < 4.78 is 11.7. The predicted octanol–water partition coefficient (Wildman–Crippen LogP) is 12.1. The molecule has 0 aliphatic carbocycles. The zero-order valence-corrected chi connectivity index (χ0v) is 26.4.